The van der Waals surface area contributed by atoms with Gasteiger partial charge in [0.2, 0.25) is 5.95 Å². The summed E-state index contributed by atoms with van der Waals surface area (Å²) < 4.78 is 45.5. The molecule has 3 saturated heterocycles. The highest BCUT2D eigenvalue weighted by atomic mass is 19.4. The lowest BCUT2D eigenvalue weighted by Gasteiger charge is -2.38. The number of hydrogen-bond acceptors (Lipinski definition) is 9. The number of anilines is 2. The Labute approximate surface area is 231 Å². The predicted octanol–water partition coefficient (Wildman–Crippen LogP) is 2.49. The predicted molar refractivity (Wildman–Crippen MR) is 143 cm³/mol. The van der Waals surface area contributed by atoms with Crippen LogP contribution in [0.5, 0.6) is 0 Å². The molecule has 2 aromatic rings. The minimum Gasteiger partial charge on any atom is -0.475 e. The van der Waals surface area contributed by atoms with Crippen molar-refractivity contribution >= 4 is 28.8 Å². The van der Waals surface area contributed by atoms with E-state index in [0.29, 0.717) is 37.7 Å². The van der Waals surface area contributed by atoms with Crippen molar-refractivity contribution in [1.82, 2.24) is 19.4 Å². The number of nitrogens with one attached hydrogen (secondary N) is 1. The average Bonchev–Trinajstić information content (AvgIpc) is 3.49. The third-order valence-corrected chi connectivity index (χ3v) is 8.01. The van der Waals surface area contributed by atoms with E-state index in [4.69, 9.17) is 29.3 Å². The number of aliphatic hydroxyl groups is 1. The van der Waals surface area contributed by atoms with E-state index in [2.05, 4.69) is 46.0 Å². The molecule has 1 atom stereocenters. The number of aromatic nitrogens is 3. The quantitative estimate of drug-likeness (QED) is 0.456. The van der Waals surface area contributed by atoms with Gasteiger partial charge in [0.15, 0.2) is 5.82 Å². The van der Waals surface area contributed by atoms with E-state index < -0.39 is 12.1 Å². The van der Waals surface area contributed by atoms with Gasteiger partial charge in [-0.05, 0) is 38.9 Å². The molecule has 1 unspecified atom stereocenters. The Bertz CT molecular complexity index is 1160. The standard InChI is InChI=1S/C24H38N6O3.C2HF3O2/c1-28-9-3-5-23(17-28)6-11-30(18-23)21-20-19(4-10-29(20)2)26-22(27-21)25-16-24(33-15-12-31)7-13-32-14-8-24;3-2(4,5)1(6)7/h4,10,31H,3,5-9,11-18H2,1-2H3,(H,25,26,27);(H,6,7). The molecule has 14 heteroatoms. The molecule has 11 nitrogen and oxygen atoms in total. The van der Waals surface area contributed by atoms with Gasteiger partial charge in [0.25, 0.3) is 0 Å². The summed E-state index contributed by atoms with van der Waals surface area (Å²) in [6, 6.07) is 2.07. The molecule has 0 radical (unpaired) electrons. The Morgan fingerprint density at radius 2 is 1.88 bits per heavy atom. The molecular formula is C26H39F3N6O5. The van der Waals surface area contributed by atoms with Crippen LogP contribution < -0.4 is 10.2 Å². The number of ether oxygens (including phenoxy) is 2. The van der Waals surface area contributed by atoms with E-state index in [1.165, 1.54) is 32.4 Å². The van der Waals surface area contributed by atoms with Gasteiger partial charge in [-0.1, -0.05) is 0 Å². The zero-order chi connectivity index (χ0) is 29.0. The van der Waals surface area contributed by atoms with Crippen LogP contribution in [0.15, 0.2) is 12.3 Å². The molecule has 5 heterocycles. The summed E-state index contributed by atoms with van der Waals surface area (Å²) in [4.78, 5) is 23.7. The third-order valence-electron chi connectivity index (χ3n) is 8.01. The van der Waals surface area contributed by atoms with Crippen molar-refractivity contribution in [3.05, 3.63) is 12.3 Å². The molecule has 1 spiro atoms. The highest BCUT2D eigenvalue weighted by molar-refractivity contribution is 5.88. The maximum absolute atomic E-state index is 10.6. The topological polar surface area (TPSA) is 125 Å². The number of hydrogen-bond donors (Lipinski definition) is 3. The van der Waals surface area contributed by atoms with Crippen LogP contribution in [-0.4, -0.2) is 114 Å². The first-order chi connectivity index (χ1) is 19.0. The SMILES string of the molecule is CN1CCCC2(CCN(c3nc(NCC4(OCCO)CCOCC4)nc4ccn(C)c34)C2)C1.O=C(O)C(F)(F)F. The summed E-state index contributed by atoms with van der Waals surface area (Å²) in [7, 11) is 4.32. The Morgan fingerprint density at radius 3 is 2.52 bits per heavy atom. The highest BCUT2D eigenvalue weighted by Gasteiger charge is 2.42. The Balaban J connectivity index is 0.000000470. The smallest absolute Gasteiger partial charge is 0.475 e. The van der Waals surface area contributed by atoms with Gasteiger partial charge in [0, 0.05) is 70.9 Å². The number of likely N-dealkylation sites (tertiary alicyclic amines) is 1. The summed E-state index contributed by atoms with van der Waals surface area (Å²) in [5.41, 5.74) is 2.07. The van der Waals surface area contributed by atoms with Crippen LogP contribution in [0.2, 0.25) is 0 Å². The van der Waals surface area contributed by atoms with Crippen molar-refractivity contribution in [1.29, 1.82) is 0 Å². The largest absolute Gasteiger partial charge is 0.490 e. The molecule has 2 aromatic heterocycles. The first-order valence-electron chi connectivity index (χ1n) is 13.6. The molecule has 3 aliphatic rings. The molecule has 3 N–H and O–H groups in total. The van der Waals surface area contributed by atoms with Crippen molar-refractivity contribution in [3.8, 4) is 0 Å². The van der Waals surface area contributed by atoms with Gasteiger partial charge in [-0.2, -0.15) is 18.2 Å². The van der Waals surface area contributed by atoms with Crippen LogP contribution in [0.4, 0.5) is 24.9 Å². The van der Waals surface area contributed by atoms with E-state index in [9.17, 15) is 18.3 Å². The number of carbonyl (C=O) groups is 1. The Morgan fingerprint density at radius 1 is 1.15 bits per heavy atom. The van der Waals surface area contributed by atoms with Crippen molar-refractivity contribution in [2.24, 2.45) is 12.5 Å². The third kappa shape index (κ3) is 7.14. The molecule has 40 heavy (non-hydrogen) atoms. The van der Waals surface area contributed by atoms with Crippen LogP contribution in [0.25, 0.3) is 11.0 Å². The molecule has 3 aliphatic heterocycles. The number of carboxylic acids is 1. The molecule has 0 amide bonds. The average molecular weight is 573 g/mol. The number of carboxylic acid groups (broad SMARTS) is 1. The molecule has 5 rings (SSSR count). The van der Waals surface area contributed by atoms with Gasteiger partial charge in [-0.25, -0.2) is 9.78 Å². The lowest BCUT2D eigenvalue weighted by atomic mass is 9.79. The van der Waals surface area contributed by atoms with Crippen molar-refractivity contribution in [2.45, 2.75) is 43.9 Å². The number of aliphatic carboxylic acids is 1. The number of alkyl halides is 3. The number of aryl methyl sites for hydroxylation is 1. The summed E-state index contributed by atoms with van der Waals surface area (Å²) >= 11 is 0. The molecule has 0 saturated carbocycles. The maximum Gasteiger partial charge on any atom is 0.490 e. The van der Waals surface area contributed by atoms with Crippen molar-refractivity contribution in [2.75, 3.05) is 76.4 Å². The van der Waals surface area contributed by atoms with Gasteiger partial charge in [0.1, 0.15) is 5.52 Å². The minimum absolute atomic E-state index is 0.0190. The lowest BCUT2D eigenvalue weighted by Crippen LogP contribution is -2.45. The zero-order valence-electron chi connectivity index (χ0n) is 23.0. The number of rotatable bonds is 7. The summed E-state index contributed by atoms with van der Waals surface area (Å²) in [6.45, 7) is 6.74. The Hall–Kier alpha value is -2.68. The first kappa shape index (κ1) is 30.3. The second-order valence-corrected chi connectivity index (χ2v) is 11.1. The maximum atomic E-state index is 10.6. The summed E-state index contributed by atoms with van der Waals surface area (Å²) in [5.74, 6) is -1.09. The number of nitrogens with zero attached hydrogens (tertiary/aromatic N) is 5. The first-order valence-corrected chi connectivity index (χ1v) is 13.6. The number of fused-ring (bicyclic) bond motifs is 1. The van der Waals surface area contributed by atoms with Crippen LogP contribution in [0.1, 0.15) is 32.1 Å². The van der Waals surface area contributed by atoms with Gasteiger partial charge >= 0.3 is 12.1 Å². The number of piperidine rings is 1. The van der Waals surface area contributed by atoms with E-state index in [1.807, 2.05) is 0 Å². The minimum atomic E-state index is -5.08. The Kier molecular flexibility index (Phi) is 9.43. The monoisotopic (exact) mass is 572 g/mol. The lowest BCUT2D eigenvalue weighted by molar-refractivity contribution is -0.192. The van der Waals surface area contributed by atoms with E-state index >= 15 is 0 Å². The molecule has 0 bridgehead atoms. The van der Waals surface area contributed by atoms with Crippen LogP contribution >= 0.6 is 0 Å². The zero-order valence-corrected chi connectivity index (χ0v) is 23.0. The van der Waals surface area contributed by atoms with Gasteiger partial charge in [-0.15, -0.1) is 0 Å². The van der Waals surface area contributed by atoms with Crippen molar-refractivity contribution < 1.29 is 37.7 Å². The van der Waals surface area contributed by atoms with E-state index in [1.54, 1.807) is 0 Å². The fourth-order valence-electron chi connectivity index (χ4n) is 5.99. The van der Waals surface area contributed by atoms with E-state index in [0.717, 1.165) is 42.8 Å². The fourth-order valence-corrected chi connectivity index (χ4v) is 5.99. The summed E-state index contributed by atoms with van der Waals surface area (Å²) in [6.07, 6.45) is 2.36. The molecule has 0 aliphatic carbocycles. The second-order valence-electron chi connectivity index (χ2n) is 11.1. The van der Waals surface area contributed by atoms with E-state index in [-0.39, 0.29) is 12.2 Å². The van der Waals surface area contributed by atoms with Gasteiger partial charge in [0.05, 0.1) is 24.3 Å². The van der Waals surface area contributed by atoms with Gasteiger partial charge in [-0.3, -0.25) is 0 Å². The normalized spacial score (nSPS) is 23.3. The van der Waals surface area contributed by atoms with Gasteiger partial charge < -0.3 is 39.4 Å². The number of halogens is 3. The number of aliphatic hydroxyl groups excluding tert-OH is 1. The molecule has 0 aromatic carbocycles. The molecule has 224 valence electrons. The van der Waals surface area contributed by atoms with Crippen molar-refractivity contribution in [3.63, 3.8) is 0 Å². The summed E-state index contributed by atoms with van der Waals surface area (Å²) in [5, 5.41) is 19.9. The second kappa shape index (κ2) is 12.5. The fraction of sp³-hybridized carbons (Fsp3) is 0.731. The molecular weight excluding hydrogens is 533 g/mol. The van der Waals surface area contributed by atoms with Crippen LogP contribution in [-0.2, 0) is 21.3 Å². The molecule has 3 fully saturated rings. The highest BCUT2D eigenvalue weighted by Crippen LogP contribution is 2.41. The van der Waals surface area contributed by atoms with Crippen LogP contribution in [0.3, 0.4) is 0 Å². The van der Waals surface area contributed by atoms with Crippen LogP contribution in [0, 0.1) is 5.41 Å².